The molecule has 0 radical (unpaired) electrons. The maximum absolute atomic E-state index is 13.8. The van der Waals surface area contributed by atoms with E-state index in [0.29, 0.717) is 26.6 Å². The number of benzene rings is 2. The van der Waals surface area contributed by atoms with Crippen molar-refractivity contribution in [2.24, 2.45) is 0 Å². The summed E-state index contributed by atoms with van der Waals surface area (Å²) in [6, 6.07) is 9.91. The van der Waals surface area contributed by atoms with Crippen molar-refractivity contribution in [3.63, 3.8) is 0 Å². The second-order valence-corrected chi connectivity index (χ2v) is 5.48. The molecule has 0 saturated carbocycles. The zero-order chi connectivity index (χ0) is 14.8. The van der Waals surface area contributed by atoms with Crippen LogP contribution in [0.2, 0.25) is 0 Å². The number of carbonyl (C=O) groups is 1. The van der Waals surface area contributed by atoms with Gasteiger partial charge in [0.2, 0.25) is 0 Å². The van der Waals surface area contributed by atoms with Crippen molar-refractivity contribution in [2.75, 3.05) is 0 Å². The largest absolute Gasteiger partial charge is 0.294 e. The van der Waals surface area contributed by atoms with Crippen LogP contribution in [0.15, 0.2) is 53.3 Å². The average Bonchev–Trinajstić information content (AvgIpc) is 2.49. The summed E-state index contributed by atoms with van der Waals surface area (Å²) in [7, 11) is 0. The number of para-hydroxylation sites is 1. The van der Waals surface area contributed by atoms with E-state index in [1.54, 1.807) is 42.7 Å². The van der Waals surface area contributed by atoms with E-state index < -0.39 is 5.82 Å². The Morgan fingerprint density at radius 1 is 1.14 bits per heavy atom. The Balaban J connectivity index is 1.97. The van der Waals surface area contributed by atoms with Gasteiger partial charge in [-0.25, -0.2) is 4.39 Å². The summed E-state index contributed by atoms with van der Waals surface area (Å²) in [6.07, 6.45) is 3.11. The fraction of sp³-hybridized carbons (Fsp3) is 0.0625. The summed E-state index contributed by atoms with van der Waals surface area (Å²) >= 11 is 3.20. The highest BCUT2D eigenvalue weighted by molar-refractivity contribution is 9.10. The maximum atomic E-state index is 13.8. The van der Waals surface area contributed by atoms with E-state index in [-0.39, 0.29) is 12.2 Å². The van der Waals surface area contributed by atoms with Gasteiger partial charge in [0.05, 0.1) is 11.0 Å². The zero-order valence-corrected chi connectivity index (χ0v) is 12.5. The number of hydrogen-bond donors (Lipinski definition) is 0. The van der Waals surface area contributed by atoms with Crippen LogP contribution in [0.5, 0.6) is 0 Å². The Morgan fingerprint density at radius 2 is 1.95 bits per heavy atom. The Kier molecular flexibility index (Phi) is 3.75. The van der Waals surface area contributed by atoms with Crippen LogP contribution in [-0.2, 0) is 6.42 Å². The maximum Gasteiger partial charge on any atom is 0.169 e. The third-order valence-corrected chi connectivity index (χ3v) is 3.66. The number of rotatable bonds is 3. The molecule has 5 heteroatoms. The monoisotopic (exact) mass is 344 g/mol. The molecule has 0 atom stereocenters. The zero-order valence-electron chi connectivity index (χ0n) is 10.9. The number of aromatic nitrogens is 2. The molecule has 104 valence electrons. The van der Waals surface area contributed by atoms with Gasteiger partial charge in [-0.1, -0.05) is 28.1 Å². The molecule has 0 aliphatic carbocycles. The van der Waals surface area contributed by atoms with E-state index in [0.717, 1.165) is 0 Å². The van der Waals surface area contributed by atoms with Gasteiger partial charge in [-0.15, -0.1) is 0 Å². The lowest BCUT2D eigenvalue weighted by molar-refractivity contribution is 0.0993. The van der Waals surface area contributed by atoms with E-state index in [1.807, 2.05) is 0 Å². The summed E-state index contributed by atoms with van der Waals surface area (Å²) in [5, 5.41) is 0. The van der Waals surface area contributed by atoms with Crippen molar-refractivity contribution in [3.05, 3.63) is 70.2 Å². The Bertz CT molecular complexity index is 830. The Morgan fingerprint density at radius 3 is 2.76 bits per heavy atom. The standard InChI is InChI=1S/C16H10BrFN2O/c17-11-5-4-10(13(18)9-11)8-15(21)12-2-1-3-14-16(12)20-7-6-19-14/h1-7,9H,8H2. The summed E-state index contributed by atoms with van der Waals surface area (Å²) in [5.41, 5.74) is 2.02. The lowest BCUT2D eigenvalue weighted by Gasteiger charge is -2.06. The highest BCUT2D eigenvalue weighted by atomic mass is 79.9. The first-order valence-corrected chi connectivity index (χ1v) is 7.11. The van der Waals surface area contributed by atoms with E-state index in [9.17, 15) is 9.18 Å². The van der Waals surface area contributed by atoms with Gasteiger partial charge in [0, 0.05) is 28.9 Å². The Labute approximate surface area is 129 Å². The van der Waals surface area contributed by atoms with Gasteiger partial charge in [-0.05, 0) is 29.8 Å². The summed E-state index contributed by atoms with van der Waals surface area (Å²) < 4.78 is 14.5. The molecule has 3 nitrogen and oxygen atoms in total. The van der Waals surface area contributed by atoms with E-state index in [1.165, 1.54) is 6.07 Å². The molecule has 0 bridgehead atoms. The number of ketones is 1. The van der Waals surface area contributed by atoms with Crippen molar-refractivity contribution in [2.45, 2.75) is 6.42 Å². The quantitative estimate of drug-likeness (QED) is 0.675. The molecule has 0 aliphatic heterocycles. The van der Waals surface area contributed by atoms with Gasteiger partial charge in [-0.3, -0.25) is 14.8 Å². The first kappa shape index (κ1) is 13.8. The summed E-state index contributed by atoms with van der Waals surface area (Å²) in [5.74, 6) is -0.577. The number of fused-ring (bicyclic) bond motifs is 1. The van der Waals surface area contributed by atoms with E-state index >= 15 is 0 Å². The van der Waals surface area contributed by atoms with Crippen LogP contribution in [0, 0.1) is 5.82 Å². The molecule has 0 aliphatic rings. The molecule has 3 rings (SSSR count). The van der Waals surface area contributed by atoms with E-state index in [4.69, 9.17) is 0 Å². The molecule has 2 aromatic carbocycles. The van der Waals surface area contributed by atoms with Gasteiger partial charge in [0.1, 0.15) is 5.82 Å². The molecule has 1 heterocycles. The predicted molar refractivity (Wildman–Crippen MR) is 81.7 cm³/mol. The van der Waals surface area contributed by atoms with Crippen LogP contribution >= 0.6 is 15.9 Å². The van der Waals surface area contributed by atoms with Gasteiger partial charge >= 0.3 is 0 Å². The van der Waals surface area contributed by atoms with Crippen LogP contribution in [0.1, 0.15) is 15.9 Å². The minimum absolute atomic E-state index is 0.00516. The highest BCUT2D eigenvalue weighted by Crippen LogP contribution is 2.19. The summed E-state index contributed by atoms with van der Waals surface area (Å²) in [6.45, 7) is 0. The van der Waals surface area contributed by atoms with Crippen molar-refractivity contribution in [1.29, 1.82) is 0 Å². The second-order valence-electron chi connectivity index (χ2n) is 4.57. The molecule has 3 aromatic rings. The van der Waals surface area contributed by atoms with Crippen LogP contribution in [0.25, 0.3) is 11.0 Å². The van der Waals surface area contributed by atoms with Crippen molar-refractivity contribution in [1.82, 2.24) is 9.97 Å². The molecular formula is C16H10BrFN2O. The van der Waals surface area contributed by atoms with Crippen molar-refractivity contribution >= 4 is 32.7 Å². The SMILES string of the molecule is O=C(Cc1ccc(Br)cc1F)c1cccc2nccnc12. The van der Waals surface area contributed by atoms with Crippen LogP contribution in [-0.4, -0.2) is 15.8 Å². The lowest BCUT2D eigenvalue weighted by atomic mass is 10.0. The fourth-order valence-corrected chi connectivity index (χ4v) is 2.48. The third kappa shape index (κ3) is 2.83. The predicted octanol–water partition coefficient (Wildman–Crippen LogP) is 3.96. The molecular weight excluding hydrogens is 335 g/mol. The molecule has 21 heavy (non-hydrogen) atoms. The molecule has 0 amide bonds. The smallest absolute Gasteiger partial charge is 0.169 e. The Hall–Kier alpha value is -2.14. The van der Waals surface area contributed by atoms with Crippen LogP contribution in [0.4, 0.5) is 4.39 Å². The molecule has 0 spiro atoms. The lowest BCUT2D eigenvalue weighted by Crippen LogP contribution is -2.07. The van der Waals surface area contributed by atoms with Gasteiger partial charge in [0.15, 0.2) is 5.78 Å². The van der Waals surface area contributed by atoms with E-state index in [2.05, 4.69) is 25.9 Å². The summed E-state index contributed by atoms with van der Waals surface area (Å²) in [4.78, 5) is 20.8. The van der Waals surface area contributed by atoms with Crippen LogP contribution in [0.3, 0.4) is 0 Å². The number of Topliss-reactive ketones (excluding diaryl/α,β-unsaturated/α-hetero) is 1. The van der Waals surface area contributed by atoms with Gasteiger partial charge in [-0.2, -0.15) is 0 Å². The second kappa shape index (κ2) is 5.69. The number of carbonyl (C=O) groups excluding carboxylic acids is 1. The van der Waals surface area contributed by atoms with Gasteiger partial charge < -0.3 is 0 Å². The first-order chi connectivity index (χ1) is 10.1. The van der Waals surface area contributed by atoms with Crippen molar-refractivity contribution in [3.8, 4) is 0 Å². The van der Waals surface area contributed by atoms with Crippen LogP contribution < -0.4 is 0 Å². The third-order valence-electron chi connectivity index (χ3n) is 3.17. The van der Waals surface area contributed by atoms with Gasteiger partial charge in [0.25, 0.3) is 0 Å². The number of halogens is 2. The minimum atomic E-state index is -0.399. The fourth-order valence-electron chi connectivity index (χ4n) is 2.15. The van der Waals surface area contributed by atoms with Crippen molar-refractivity contribution < 1.29 is 9.18 Å². The number of nitrogens with zero attached hydrogens (tertiary/aromatic N) is 2. The first-order valence-electron chi connectivity index (χ1n) is 6.32. The highest BCUT2D eigenvalue weighted by Gasteiger charge is 2.14. The molecule has 0 fully saturated rings. The molecule has 0 saturated heterocycles. The number of hydrogen-bond acceptors (Lipinski definition) is 3. The molecule has 0 unspecified atom stereocenters. The average molecular weight is 345 g/mol. The topological polar surface area (TPSA) is 42.9 Å². The normalized spacial score (nSPS) is 10.8. The molecule has 1 aromatic heterocycles. The molecule has 0 N–H and O–H groups in total. The minimum Gasteiger partial charge on any atom is -0.294 e.